The molecule has 29 heavy (non-hydrogen) atoms. The molecule has 2 aromatic rings. The van der Waals surface area contributed by atoms with Crippen LogP contribution in [-0.2, 0) is 13.0 Å². The largest absolute Gasteiger partial charge is 0.504 e. The Morgan fingerprint density at radius 3 is 2.24 bits per heavy atom. The van der Waals surface area contributed by atoms with Crippen molar-refractivity contribution in [2.45, 2.75) is 51.4 Å². The minimum atomic E-state index is -1.08. The number of benzene rings is 2. The molecule has 5 N–H and O–H groups in total. The molecule has 1 amide bonds. The third-order valence-corrected chi connectivity index (χ3v) is 4.71. The summed E-state index contributed by atoms with van der Waals surface area (Å²) in [5.74, 6) is -0.407. The fourth-order valence-electron chi connectivity index (χ4n) is 3.36. The van der Waals surface area contributed by atoms with Crippen LogP contribution in [0.5, 0.6) is 11.5 Å². The van der Waals surface area contributed by atoms with Crippen LogP contribution in [0.1, 0.15) is 31.9 Å². The molecule has 158 valence electrons. The molecule has 0 saturated heterocycles. The van der Waals surface area contributed by atoms with E-state index in [1.165, 1.54) is 17.0 Å². The van der Waals surface area contributed by atoms with Crippen LogP contribution < -0.4 is 5.32 Å². The Morgan fingerprint density at radius 1 is 1.03 bits per heavy atom. The third kappa shape index (κ3) is 6.37. The average molecular weight is 402 g/mol. The number of nitrogens with one attached hydrogen (secondary N) is 1. The number of nitrogens with zero attached hydrogens (tertiary/aromatic N) is 1. The van der Waals surface area contributed by atoms with Crippen molar-refractivity contribution >= 4 is 6.09 Å². The first-order chi connectivity index (χ1) is 13.6. The van der Waals surface area contributed by atoms with E-state index in [2.05, 4.69) is 5.32 Å². The Kier molecular flexibility index (Phi) is 7.47. The molecule has 0 radical (unpaired) electrons. The van der Waals surface area contributed by atoms with Crippen LogP contribution >= 0.6 is 0 Å². The van der Waals surface area contributed by atoms with Gasteiger partial charge in [-0.05, 0) is 50.5 Å². The Balaban J connectivity index is 2.13. The Morgan fingerprint density at radius 2 is 1.69 bits per heavy atom. The zero-order valence-electron chi connectivity index (χ0n) is 17.0. The number of rotatable bonds is 8. The lowest BCUT2D eigenvalue weighted by Crippen LogP contribution is -2.58. The van der Waals surface area contributed by atoms with E-state index in [9.17, 15) is 25.2 Å². The van der Waals surface area contributed by atoms with Crippen LogP contribution in [0.4, 0.5) is 4.79 Å². The molecule has 0 aliphatic carbocycles. The molecular formula is C22H30N2O5. The maximum atomic E-state index is 12.0. The predicted octanol–water partition coefficient (Wildman–Crippen LogP) is 2.94. The predicted molar refractivity (Wildman–Crippen MR) is 111 cm³/mol. The summed E-state index contributed by atoms with van der Waals surface area (Å²) in [5, 5.41) is 42.8. The number of aromatic hydroxyl groups is 2. The van der Waals surface area contributed by atoms with Crippen molar-refractivity contribution in [2.75, 3.05) is 6.54 Å². The highest BCUT2D eigenvalue weighted by atomic mass is 16.4. The monoisotopic (exact) mass is 402 g/mol. The molecule has 0 aliphatic heterocycles. The number of carbonyl (C=O) groups is 1. The van der Waals surface area contributed by atoms with Gasteiger partial charge in [-0.1, -0.05) is 36.4 Å². The van der Waals surface area contributed by atoms with Crippen molar-refractivity contribution in [1.82, 2.24) is 10.2 Å². The Labute approximate surface area is 171 Å². The number of hydrogen-bond donors (Lipinski definition) is 5. The molecule has 0 spiro atoms. The number of amides is 1. The zero-order chi connectivity index (χ0) is 21.6. The van der Waals surface area contributed by atoms with E-state index in [0.29, 0.717) is 13.0 Å². The van der Waals surface area contributed by atoms with Gasteiger partial charge in [0.15, 0.2) is 11.5 Å². The molecule has 0 unspecified atom stereocenters. The maximum absolute atomic E-state index is 12.0. The zero-order valence-corrected chi connectivity index (χ0v) is 17.0. The molecule has 2 rings (SSSR count). The molecular weight excluding hydrogens is 372 g/mol. The first-order valence-electron chi connectivity index (χ1n) is 9.55. The van der Waals surface area contributed by atoms with Gasteiger partial charge in [-0.15, -0.1) is 0 Å². The van der Waals surface area contributed by atoms with Crippen LogP contribution in [-0.4, -0.2) is 55.6 Å². The van der Waals surface area contributed by atoms with E-state index >= 15 is 0 Å². The summed E-state index contributed by atoms with van der Waals surface area (Å²) in [5.41, 5.74) is 0.989. The number of aliphatic hydroxyl groups excluding tert-OH is 1. The quantitative estimate of drug-likeness (QED) is 0.434. The van der Waals surface area contributed by atoms with Gasteiger partial charge in [0.05, 0.1) is 12.1 Å². The van der Waals surface area contributed by atoms with Gasteiger partial charge in [0, 0.05) is 18.6 Å². The standard InChI is InChI=1S/C22H30N2O5/c1-22(2,3)24(21(28)29)17(11-15-7-5-4-6-8-15)20(27)14-23-13-16-9-10-18(25)19(26)12-16/h4-10,12,17,20,23,25-27H,11,13-14H2,1-3H3,(H,28,29)/t17-,20+/m0/s1. The molecule has 0 heterocycles. The highest BCUT2D eigenvalue weighted by Gasteiger charge is 2.37. The van der Waals surface area contributed by atoms with Gasteiger partial charge in [0.2, 0.25) is 0 Å². The second kappa shape index (κ2) is 9.62. The first kappa shape index (κ1) is 22.5. The van der Waals surface area contributed by atoms with E-state index in [1.807, 2.05) is 30.3 Å². The molecule has 0 saturated carbocycles. The topological polar surface area (TPSA) is 113 Å². The van der Waals surface area contributed by atoms with Crippen molar-refractivity contribution < 1.29 is 25.2 Å². The Bertz CT molecular complexity index is 805. The van der Waals surface area contributed by atoms with E-state index in [-0.39, 0.29) is 18.0 Å². The van der Waals surface area contributed by atoms with Crippen LogP contribution in [0.3, 0.4) is 0 Å². The second-order valence-corrected chi connectivity index (χ2v) is 8.10. The van der Waals surface area contributed by atoms with Crippen LogP contribution in [0.15, 0.2) is 48.5 Å². The van der Waals surface area contributed by atoms with Crippen molar-refractivity contribution in [3.05, 3.63) is 59.7 Å². The minimum Gasteiger partial charge on any atom is -0.504 e. The minimum absolute atomic E-state index is 0.166. The number of phenols is 2. The van der Waals surface area contributed by atoms with Crippen molar-refractivity contribution in [3.63, 3.8) is 0 Å². The van der Waals surface area contributed by atoms with Gasteiger partial charge < -0.3 is 25.7 Å². The lowest BCUT2D eigenvalue weighted by Gasteiger charge is -2.42. The average Bonchev–Trinajstić information content (AvgIpc) is 2.63. The SMILES string of the molecule is CC(C)(C)N(C(=O)O)[C@@H](Cc1ccccc1)[C@H](O)CNCc1ccc(O)c(O)c1. The van der Waals surface area contributed by atoms with Crippen LogP contribution in [0, 0.1) is 0 Å². The second-order valence-electron chi connectivity index (χ2n) is 8.10. The summed E-state index contributed by atoms with van der Waals surface area (Å²) in [6.45, 7) is 5.93. The normalized spacial score (nSPS) is 13.7. The highest BCUT2D eigenvalue weighted by Crippen LogP contribution is 2.25. The fraction of sp³-hybridized carbons (Fsp3) is 0.409. The summed E-state index contributed by atoms with van der Waals surface area (Å²) >= 11 is 0. The number of hydrogen-bond acceptors (Lipinski definition) is 5. The molecule has 7 nitrogen and oxygen atoms in total. The van der Waals surface area contributed by atoms with Crippen molar-refractivity contribution in [1.29, 1.82) is 0 Å². The molecule has 0 aromatic heterocycles. The summed E-state index contributed by atoms with van der Waals surface area (Å²) in [6.07, 6.45) is -1.65. The number of phenolic OH excluding ortho intramolecular Hbond substituents is 2. The van der Waals surface area contributed by atoms with E-state index in [4.69, 9.17) is 0 Å². The van der Waals surface area contributed by atoms with Gasteiger partial charge in [-0.25, -0.2) is 4.79 Å². The van der Waals surface area contributed by atoms with Gasteiger partial charge in [-0.2, -0.15) is 0 Å². The van der Waals surface area contributed by atoms with E-state index < -0.39 is 23.8 Å². The molecule has 2 atom stereocenters. The Hall–Kier alpha value is -2.77. The van der Waals surface area contributed by atoms with Gasteiger partial charge in [0.1, 0.15) is 0 Å². The van der Waals surface area contributed by atoms with Crippen molar-refractivity contribution in [2.24, 2.45) is 0 Å². The fourth-order valence-corrected chi connectivity index (χ4v) is 3.36. The molecule has 0 fully saturated rings. The van der Waals surface area contributed by atoms with Crippen molar-refractivity contribution in [3.8, 4) is 11.5 Å². The van der Waals surface area contributed by atoms with Crippen LogP contribution in [0.2, 0.25) is 0 Å². The number of carboxylic acid groups (broad SMARTS) is 1. The lowest BCUT2D eigenvalue weighted by atomic mass is 9.94. The lowest BCUT2D eigenvalue weighted by molar-refractivity contribution is 0.00770. The van der Waals surface area contributed by atoms with E-state index in [0.717, 1.165) is 11.1 Å². The summed E-state index contributed by atoms with van der Waals surface area (Å²) in [6, 6.07) is 13.3. The van der Waals surface area contributed by atoms with Crippen LogP contribution in [0.25, 0.3) is 0 Å². The molecule has 2 aromatic carbocycles. The van der Waals surface area contributed by atoms with E-state index in [1.54, 1.807) is 26.8 Å². The highest BCUT2D eigenvalue weighted by molar-refractivity contribution is 5.66. The summed E-state index contributed by atoms with van der Waals surface area (Å²) < 4.78 is 0. The summed E-state index contributed by atoms with van der Waals surface area (Å²) in [7, 11) is 0. The first-order valence-corrected chi connectivity index (χ1v) is 9.55. The van der Waals surface area contributed by atoms with Gasteiger partial charge in [-0.3, -0.25) is 4.90 Å². The van der Waals surface area contributed by atoms with Gasteiger partial charge in [0.25, 0.3) is 0 Å². The smallest absolute Gasteiger partial charge is 0.408 e. The summed E-state index contributed by atoms with van der Waals surface area (Å²) in [4.78, 5) is 13.3. The maximum Gasteiger partial charge on any atom is 0.408 e. The molecule has 0 aliphatic rings. The molecule has 7 heteroatoms. The molecule has 0 bridgehead atoms. The number of aliphatic hydroxyl groups is 1. The third-order valence-electron chi connectivity index (χ3n) is 4.71. The van der Waals surface area contributed by atoms with Gasteiger partial charge >= 0.3 is 6.09 Å².